The predicted octanol–water partition coefficient (Wildman–Crippen LogP) is 1.30. The van der Waals surface area contributed by atoms with Crippen LogP contribution in [0.3, 0.4) is 0 Å². The highest BCUT2D eigenvalue weighted by molar-refractivity contribution is 5.66. The maximum Gasteiger partial charge on any atom is 0.323 e. The van der Waals surface area contributed by atoms with Crippen LogP contribution in [0.25, 0.3) is 0 Å². The number of hydrogen-bond donors (Lipinski definition) is 1. The van der Waals surface area contributed by atoms with Crippen molar-refractivity contribution >= 4 is 5.97 Å². The van der Waals surface area contributed by atoms with Gasteiger partial charge < -0.3 is 9.67 Å². The van der Waals surface area contributed by atoms with E-state index in [0.717, 1.165) is 5.82 Å². The molecule has 0 saturated heterocycles. The normalized spacial score (nSPS) is 8.58. The fourth-order valence-corrected chi connectivity index (χ4v) is 0.717. The lowest BCUT2D eigenvalue weighted by atomic mass is 10.6. The van der Waals surface area contributed by atoms with Crippen LogP contribution in [0.4, 0.5) is 0 Å². The van der Waals surface area contributed by atoms with Gasteiger partial charge in [0.15, 0.2) is 0 Å². The minimum atomic E-state index is -0.846. The van der Waals surface area contributed by atoms with Crippen molar-refractivity contribution < 1.29 is 9.90 Å². The first-order chi connectivity index (χ1) is 5.70. The van der Waals surface area contributed by atoms with E-state index in [4.69, 9.17) is 5.11 Å². The van der Waals surface area contributed by atoms with E-state index in [2.05, 4.69) is 4.98 Å². The average molecular weight is 170 g/mol. The Morgan fingerprint density at radius 2 is 2.25 bits per heavy atom. The van der Waals surface area contributed by atoms with E-state index in [1.807, 2.05) is 13.8 Å². The number of carbonyl (C=O) groups is 1. The van der Waals surface area contributed by atoms with Gasteiger partial charge in [0.2, 0.25) is 0 Å². The first kappa shape index (κ1) is 10.7. The quantitative estimate of drug-likeness (QED) is 0.727. The van der Waals surface area contributed by atoms with Gasteiger partial charge in [-0.3, -0.25) is 4.79 Å². The third kappa shape index (κ3) is 3.18. The summed E-state index contributed by atoms with van der Waals surface area (Å²) in [5.74, 6) is -0.122. The molecule has 1 aromatic heterocycles. The lowest BCUT2D eigenvalue weighted by Gasteiger charge is -1.97. The first-order valence-corrected chi connectivity index (χ1v) is 3.89. The van der Waals surface area contributed by atoms with Crippen LogP contribution in [0.15, 0.2) is 12.4 Å². The standard InChI is InChI=1S/C6H8N2O2.C2H6/c1-5-7-2-3-8(5)4-6(9)10;1-2/h2-3H,4H2,1H3,(H,9,10);1-2H3. The van der Waals surface area contributed by atoms with Crippen LogP contribution >= 0.6 is 0 Å². The van der Waals surface area contributed by atoms with Crippen molar-refractivity contribution in [2.45, 2.75) is 27.3 Å². The summed E-state index contributed by atoms with van der Waals surface area (Å²) in [6.45, 7) is 5.76. The molecule has 1 aromatic rings. The smallest absolute Gasteiger partial charge is 0.323 e. The van der Waals surface area contributed by atoms with Crippen molar-refractivity contribution in [1.82, 2.24) is 9.55 Å². The second-order valence-corrected chi connectivity index (χ2v) is 2.00. The van der Waals surface area contributed by atoms with Gasteiger partial charge in [0.1, 0.15) is 12.4 Å². The maximum atomic E-state index is 10.2. The van der Waals surface area contributed by atoms with Gasteiger partial charge in [-0.25, -0.2) is 4.98 Å². The molecule has 4 nitrogen and oxygen atoms in total. The number of hydrogen-bond acceptors (Lipinski definition) is 2. The molecule has 0 bridgehead atoms. The van der Waals surface area contributed by atoms with Gasteiger partial charge >= 0.3 is 5.97 Å². The molecule has 1 heterocycles. The van der Waals surface area contributed by atoms with Crippen LogP contribution in [-0.4, -0.2) is 20.6 Å². The second-order valence-electron chi connectivity index (χ2n) is 2.00. The summed E-state index contributed by atoms with van der Waals surface area (Å²) in [7, 11) is 0. The molecular weight excluding hydrogens is 156 g/mol. The molecule has 0 amide bonds. The van der Waals surface area contributed by atoms with Gasteiger partial charge in [-0.05, 0) is 6.92 Å². The largest absolute Gasteiger partial charge is 0.480 e. The van der Waals surface area contributed by atoms with Gasteiger partial charge in [0, 0.05) is 12.4 Å². The van der Waals surface area contributed by atoms with Crippen LogP contribution in [0.1, 0.15) is 19.7 Å². The summed E-state index contributed by atoms with van der Waals surface area (Å²) >= 11 is 0. The van der Waals surface area contributed by atoms with Gasteiger partial charge in [-0.15, -0.1) is 0 Å². The zero-order chi connectivity index (χ0) is 9.56. The van der Waals surface area contributed by atoms with E-state index in [1.165, 1.54) is 0 Å². The summed E-state index contributed by atoms with van der Waals surface area (Å²) < 4.78 is 1.57. The molecular formula is C8H14N2O2. The number of aliphatic carboxylic acids is 1. The van der Waals surface area contributed by atoms with Crippen molar-refractivity contribution in [2.24, 2.45) is 0 Å². The van der Waals surface area contributed by atoms with Gasteiger partial charge in [-0.2, -0.15) is 0 Å². The van der Waals surface area contributed by atoms with Gasteiger partial charge in [0.25, 0.3) is 0 Å². The third-order valence-electron chi connectivity index (χ3n) is 1.23. The number of carboxylic acids is 1. The molecule has 4 heteroatoms. The van der Waals surface area contributed by atoms with E-state index in [1.54, 1.807) is 23.9 Å². The molecule has 0 spiro atoms. The van der Waals surface area contributed by atoms with E-state index in [-0.39, 0.29) is 6.54 Å². The summed E-state index contributed by atoms with van der Waals surface area (Å²) in [6, 6.07) is 0. The minimum absolute atomic E-state index is 0.00810. The summed E-state index contributed by atoms with van der Waals surface area (Å²) in [4.78, 5) is 14.0. The maximum absolute atomic E-state index is 10.2. The summed E-state index contributed by atoms with van der Waals surface area (Å²) in [6.07, 6.45) is 3.22. The SMILES string of the molecule is CC.Cc1nccn1CC(=O)O. The summed E-state index contributed by atoms with van der Waals surface area (Å²) in [5, 5.41) is 8.36. The molecule has 0 unspecified atom stereocenters. The van der Waals surface area contributed by atoms with Crippen molar-refractivity contribution in [3.05, 3.63) is 18.2 Å². The molecule has 0 aromatic carbocycles. The number of rotatable bonds is 2. The first-order valence-electron chi connectivity index (χ1n) is 3.89. The Bertz CT molecular complexity index is 243. The second kappa shape index (κ2) is 5.35. The Balaban J connectivity index is 0.000000561. The Kier molecular flexibility index (Phi) is 4.76. The molecule has 0 saturated carbocycles. The highest BCUT2D eigenvalue weighted by Gasteiger charge is 2.00. The highest BCUT2D eigenvalue weighted by Crippen LogP contribution is 1.93. The Morgan fingerprint density at radius 1 is 1.67 bits per heavy atom. The van der Waals surface area contributed by atoms with E-state index in [9.17, 15) is 4.79 Å². The van der Waals surface area contributed by atoms with E-state index >= 15 is 0 Å². The molecule has 12 heavy (non-hydrogen) atoms. The van der Waals surface area contributed by atoms with Gasteiger partial charge in [-0.1, -0.05) is 13.8 Å². The molecule has 1 rings (SSSR count). The highest BCUT2D eigenvalue weighted by atomic mass is 16.4. The number of nitrogens with zero attached hydrogens (tertiary/aromatic N) is 2. The van der Waals surface area contributed by atoms with Gasteiger partial charge in [0.05, 0.1) is 0 Å². The van der Waals surface area contributed by atoms with Crippen molar-refractivity contribution in [1.29, 1.82) is 0 Å². The third-order valence-corrected chi connectivity index (χ3v) is 1.23. The fraction of sp³-hybridized carbons (Fsp3) is 0.500. The Labute approximate surface area is 71.9 Å². The Hall–Kier alpha value is -1.32. The lowest BCUT2D eigenvalue weighted by molar-refractivity contribution is -0.137. The molecule has 0 radical (unpaired) electrons. The average Bonchev–Trinajstić information content (AvgIpc) is 2.40. The molecule has 0 fully saturated rings. The molecule has 0 aliphatic rings. The number of imidazole rings is 1. The lowest BCUT2D eigenvalue weighted by Crippen LogP contribution is -2.08. The Morgan fingerprint density at radius 3 is 2.58 bits per heavy atom. The predicted molar refractivity (Wildman–Crippen MR) is 45.9 cm³/mol. The van der Waals surface area contributed by atoms with Crippen molar-refractivity contribution in [3.63, 3.8) is 0 Å². The van der Waals surface area contributed by atoms with Crippen LogP contribution in [-0.2, 0) is 11.3 Å². The van der Waals surface area contributed by atoms with Crippen LogP contribution in [0.2, 0.25) is 0 Å². The number of aromatic nitrogens is 2. The molecule has 0 aliphatic carbocycles. The van der Waals surface area contributed by atoms with Crippen LogP contribution in [0.5, 0.6) is 0 Å². The van der Waals surface area contributed by atoms with Crippen LogP contribution < -0.4 is 0 Å². The molecule has 0 atom stereocenters. The van der Waals surface area contributed by atoms with Crippen LogP contribution in [0, 0.1) is 6.92 Å². The van der Waals surface area contributed by atoms with Crippen molar-refractivity contribution in [2.75, 3.05) is 0 Å². The summed E-state index contributed by atoms with van der Waals surface area (Å²) in [5.41, 5.74) is 0. The fourth-order valence-electron chi connectivity index (χ4n) is 0.717. The minimum Gasteiger partial charge on any atom is -0.480 e. The zero-order valence-electron chi connectivity index (χ0n) is 7.61. The zero-order valence-corrected chi connectivity index (χ0v) is 7.61. The molecule has 1 N–H and O–H groups in total. The van der Waals surface area contributed by atoms with Crippen molar-refractivity contribution in [3.8, 4) is 0 Å². The monoisotopic (exact) mass is 170 g/mol. The molecule has 0 aliphatic heterocycles. The van der Waals surface area contributed by atoms with E-state index in [0.29, 0.717) is 0 Å². The number of aryl methyl sites for hydroxylation is 1. The van der Waals surface area contributed by atoms with E-state index < -0.39 is 5.97 Å². The number of carboxylic acid groups (broad SMARTS) is 1. The topological polar surface area (TPSA) is 55.1 Å². The molecule has 68 valence electrons.